The van der Waals surface area contributed by atoms with Gasteiger partial charge >= 0.3 is 0 Å². The molecule has 0 radical (unpaired) electrons. The van der Waals surface area contributed by atoms with Gasteiger partial charge in [-0.25, -0.2) is 8.42 Å². The van der Waals surface area contributed by atoms with Crippen LogP contribution in [0.4, 0.5) is 0 Å². The van der Waals surface area contributed by atoms with E-state index < -0.39 is 16.1 Å². The summed E-state index contributed by atoms with van der Waals surface area (Å²) in [5.74, 6) is -0.346. The highest BCUT2D eigenvalue weighted by Gasteiger charge is 2.44. The molecule has 2 fully saturated rings. The number of hydrogen-bond acceptors (Lipinski definition) is 4. The number of sulfonamides is 1. The third-order valence-corrected chi connectivity index (χ3v) is 6.67. The van der Waals surface area contributed by atoms with Crippen LogP contribution >= 0.6 is 0 Å². The number of fused-ring (bicyclic) bond motifs is 1. The van der Waals surface area contributed by atoms with Gasteiger partial charge in [0.05, 0.1) is 11.4 Å². The van der Waals surface area contributed by atoms with Crippen molar-refractivity contribution in [1.82, 2.24) is 14.1 Å². The van der Waals surface area contributed by atoms with Crippen LogP contribution in [0.3, 0.4) is 0 Å². The molecule has 2 aliphatic rings. The summed E-state index contributed by atoms with van der Waals surface area (Å²) in [7, 11) is -2.13. The van der Waals surface area contributed by atoms with E-state index in [2.05, 4.69) is 0 Å². The molecular formula is C16H21N3O4S. The number of benzene rings is 1. The fourth-order valence-electron chi connectivity index (χ4n) is 3.24. The minimum Gasteiger partial charge on any atom is -0.335 e. The van der Waals surface area contributed by atoms with E-state index in [1.54, 1.807) is 26.1 Å². The Morgan fingerprint density at radius 2 is 1.83 bits per heavy atom. The molecule has 0 aliphatic carbocycles. The van der Waals surface area contributed by atoms with Crippen molar-refractivity contribution in [1.29, 1.82) is 0 Å². The Morgan fingerprint density at radius 3 is 2.54 bits per heavy atom. The van der Waals surface area contributed by atoms with Crippen LogP contribution in [0.5, 0.6) is 0 Å². The average molecular weight is 351 g/mol. The van der Waals surface area contributed by atoms with Crippen molar-refractivity contribution < 1.29 is 18.0 Å². The van der Waals surface area contributed by atoms with E-state index in [9.17, 15) is 18.0 Å². The standard InChI is InChI=1S/C16H21N3O4S/c1-11-4-5-12(2)14(8-11)24(22,23)18-6-7-19-13(9-18)16(21)17(3)10-15(19)20/h4-5,8,13H,6-7,9-10H2,1-3H3/t13-/m1/s1. The third-order valence-electron chi connectivity index (χ3n) is 4.66. The summed E-state index contributed by atoms with van der Waals surface area (Å²) >= 11 is 0. The smallest absolute Gasteiger partial charge is 0.246 e. The summed E-state index contributed by atoms with van der Waals surface area (Å²) in [4.78, 5) is 27.5. The van der Waals surface area contributed by atoms with Gasteiger partial charge in [-0.05, 0) is 31.0 Å². The lowest BCUT2D eigenvalue weighted by Gasteiger charge is -2.44. The lowest BCUT2D eigenvalue weighted by molar-refractivity contribution is -0.156. The van der Waals surface area contributed by atoms with E-state index in [0.29, 0.717) is 5.56 Å². The molecular weight excluding hydrogens is 330 g/mol. The molecule has 0 unspecified atom stereocenters. The Kier molecular flexibility index (Phi) is 4.13. The Balaban J connectivity index is 1.92. The van der Waals surface area contributed by atoms with Gasteiger partial charge in [0, 0.05) is 26.7 Å². The normalized spacial score (nSPS) is 22.7. The Labute approximate surface area is 141 Å². The fraction of sp³-hybridized carbons (Fsp3) is 0.500. The number of piperazine rings is 2. The number of hydrogen-bond donors (Lipinski definition) is 0. The molecule has 1 aromatic carbocycles. The van der Waals surface area contributed by atoms with Crippen molar-refractivity contribution in [2.75, 3.05) is 33.2 Å². The summed E-state index contributed by atoms with van der Waals surface area (Å²) in [6, 6.07) is 4.56. The molecule has 0 saturated carbocycles. The number of nitrogens with zero attached hydrogens (tertiary/aromatic N) is 3. The minimum absolute atomic E-state index is 0.00459. The molecule has 2 aliphatic heterocycles. The van der Waals surface area contributed by atoms with Crippen LogP contribution in [0.1, 0.15) is 11.1 Å². The van der Waals surface area contributed by atoms with Gasteiger partial charge in [-0.15, -0.1) is 0 Å². The lowest BCUT2D eigenvalue weighted by Crippen LogP contribution is -2.66. The Bertz CT molecular complexity index is 806. The fourth-order valence-corrected chi connectivity index (χ4v) is 4.98. The van der Waals surface area contributed by atoms with Crippen LogP contribution in [0.25, 0.3) is 0 Å². The predicted molar refractivity (Wildman–Crippen MR) is 87.8 cm³/mol. The summed E-state index contributed by atoms with van der Waals surface area (Å²) in [6.45, 7) is 4.10. The molecule has 3 rings (SSSR count). The average Bonchev–Trinajstić information content (AvgIpc) is 2.54. The van der Waals surface area contributed by atoms with Crippen molar-refractivity contribution in [2.24, 2.45) is 0 Å². The Hall–Kier alpha value is -1.93. The molecule has 2 heterocycles. The van der Waals surface area contributed by atoms with E-state index in [-0.39, 0.29) is 42.9 Å². The molecule has 1 atom stereocenters. The van der Waals surface area contributed by atoms with Gasteiger partial charge in [-0.1, -0.05) is 12.1 Å². The molecule has 0 N–H and O–H groups in total. The largest absolute Gasteiger partial charge is 0.335 e. The van der Waals surface area contributed by atoms with Crippen LogP contribution in [0.15, 0.2) is 23.1 Å². The number of carbonyl (C=O) groups excluding carboxylic acids is 2. The summed E-state index contributed by atoms with van der Waals surface area (Å²) in [5.41, 5.74) is 1.53. The number of rotatable bonds is 2. The quantitative estimate of drug-likeness (QED) is 0.750. The molecule has 7 nitrogen and oxygen atoms in total. The van der Waals surface area contributed by atoms with Gasteiger partial charge in [-0.3, -0.25) is 9.59 Å². The van der Waals surface area contributed by atoms with Crippen LogP contribution in [-0.2, 0) is 19.6 Å². The second kappa shape index (κ2) is 5.86. The first-order chi connectivity index (χ1) is 11.2. The predicted octanol–water partition coefficient (Wildman–Crippen LogP) is -0.0231. The van der Waals surface area contributed by atoms with E-state index in [1.165, 1.54) is 14.1 Å². The third kappa shape index (κ3) is 2.69. The number of amides is 2. The van der Waals surface area contributed by atoms with E-state index in [0.717, 1.165) is 5.56 Å². The maximum Gasteiger partial charge on any atom is 0.246 e. The zero-order valence-electron chi connectivity index (χ0n) is 14.0. The van der Waals surface area contributed by atoms with Gasteiger partial charge in [-0.2, -0.15) is 4.31 Å². The summed E-state index contributed by atoms with van der Waals surface area (Å²) in [5, 5.41) is 0. The van der Waals surface area contributed by atoms with Crippen LogP contribution in [0.2, 0.25) is 0 Å². The summed E-state index contributed by atoms with van der Waals surface area (Å²) in [6.07, 6.45) is 0. The van der Waals surface area contributed by atoms with Crippen molar-refractivity contribution >= 4 is 21.8 Å². The SMILES string of the molecule is Cc1ccc(C)c(S(=O)(=O)N2CCN3C(=O)CN(C)C(=O)[C@H]3C2)c1. The second-order valence-electron chi connectivity index (χ2n) is 6.43. The van der Waals surface area contributed by atoms with Crippen LogP contribution < -0.4 is 0 Å². The van der Waals surface area contributed by atoms with Crippen LogP contribution in [-0.4, -0.2) is 73.6 Å². The minimum atomic E-state index is -3.70. The molecule has 2 saturated heterocycles. The van der Waals surface area contributed by atoms with Gasteiger partial charge in [0.15, 0.2) is 0 Å². The first-order valence-corrected chi connectivity index (χ1v) is 9.27. The number of aryl methyl sites for hydroxylation is 2. The topological polar surface area (TPSA) is 78.0 Å². The van der Waals surface area contributed by atoms with Crippen LogP contribution in [0, 0.1) is 13.8 Å². The molecule has 1 aromatic rings. The number of carbonyl (C=O) groups is 2. The molecule has 0 spiro atoms. The maximum absolute atomic E-state index is 13.0. The molecule has 0 bridgehead atoms. The van der Waals surface area contributed by atoms with Gasteiger partial charge in [0.1, 0.15) is 6.04 Å². The van der Waals surface area contributed by atoms with E-state index >= 15 is 0 Å². The van der Waals surface area contributed by atoms with Crippen molar-refractivity contribution in [3.63, 3.8) is 0 Å². The van der Waals surface area contributed by atoms with Crippen molar-refractivity contribution in [2.45, 2.75) is 24.8 Å². The van der Waals surface area contributed by atoms with E-state index in [1.807, 2.05) is 13.0 Å². The highest BCUT2D eigenvalue weighted by Crippen LogP contribution is 2.25. The van der Waals surface area contributed by atoms with Crippen molar-refractivity contribution in [3.05, 3.63) is 29.3 Å². The first-order valence-electron chi connectivity index (χ1n) is 7.83. The molecule has 2 amide bonds. The second-order valence-corrected chi connectivity index (χ2v) is 8.34. The monoisotopic (exact) mass is 351 g/mol. The highest BCUT2D eigenvalue weighted by molar-refractivity contribution is 7.89. The Morgan fingerprint density at radius 1 is 1.12 bits per heavy atom. The zero-order valence-corrected chi connectivity index (χ0v) is 14.8. The number of likely N-dealkylation sites (N-methyl/N-ethyl adjacent to an activating group) is 1. The lowest BCUT2D eigenvalue weighted by atomic mass is 10.1. The highest BCUT2D eigenvalue weighted by atomic mass is 32.2. The summed E-state index contributed by atoms with van der Waals surface area (Å²) < 4.78 is 27.3. The molecule has 8 heteroatoms. The first kappa shape index (κ1) is 16.9. The molecule has 0 aromatic heterocycles. The molecule has 130 valence electrons. The zero-order chi connectivity index (χ0) is 17.6. The van der Waals surface area contributed by atoms with Gasteiger partial charge in [0.25, 0.3) is 0 Å². The van der Waals surface area contributed by atoms with Crippen molar-refractivity contribution in [3.8, 4) is 0 Å². The van der Waals surface area contributed by atoms with Gasteiger partial charge < -0.3 is 9.80 Å². The van der Waals surface area contributed by atoms with E-state index in [4.69, 9.17) is 0 Å². The molecule has 24 heavy (non-hydrogen) atoms. The maximum atomic E-state index is 13.0. The van der Waals surface area contributed by atoms with Gasteiger partial charge in [0.2, 0.25) is 21.8 Å².